The maximum atomic E-state index is 12.9. The molecule has 0 unspecified atom stereocenters. The van der Waals surface area contributed by atoms with E-state index < -0.39 is 4.92 Å². The molecular weight excluding hydrogens is 392 g/mol. The Morgan fingerprint density at radius 3 is 2.55 bits per heavy atom. The van der Waals surface area contributed by atoms with E-state index in [0.29, 0.717) is 28.3 Å². The summed E-state index contributed by atoms with van der Waals surface area (Å²) in [6.45, 7) is 4.53. The van der Waals surface area contributed by atoms with E-state index in [1.165, 1.54) is 36.0 Å². The summed E-state index contributed by atoms with van der Waals surface area (Å²) < 4.78 is 1.61. The van der Waals surface area contributed by atoms with Gasteiger partial charge >= 0.3 is 0 Å². The molecule has 1 N–H and O–H groups in total. The topological polar surface area (TPSA) is 107 Å². The summed E-state index contributed by atoms with van der Waals surface area (Å²) in [5, 5.41) is 14.4. The highest BCUT2D eigenvalue weighted by Gasteiger charge is 2.14. The molecule has 2 aromatic carbocycles. The number of para-hydroxylation sites is 1. The highest BCUT2D eigenvalue weighted by Crippen LogP contribution is 2.20. The minimum absolute atomic E-state index is 0.0459. The Morgan fingerprint density at radius 1 is 1.21 bits per heavy atom. The van der Waals surface area contributed by atoms with Crippen LogP contribution >= 0.6 is 11.8 Å². The van der Waals surface area contributed by atoms with Gasteiger partial charge in [0.25, 0.3) is 11.2 Å². The Balaban J connectivity index is 1.77. The van der Waals surface area contributed by atoms with Gasteiger partial charge in [-0.2, -0.15) is 0 Å². The number of nitro benzene ring substituents is 1. The second kappa shape index (κ2) is 8.87. The molecule has 3 rings (SSSR count). The van der Waals surface area contributed by atoms with Gasteiger partial charge in [-0.1, -0.05) is 37.7 Å². The number of thioether (sulfide) groups is 1. The zero-order valence-electron chi connectivity index (χ0n) is 16.0. The number of nitro groups is 1. The van der Waals surface area contributed by atoms with Gasteiger partial charge in [-0.05, 0) is 30.2 Å². The number of carbonyl (C=O) groups is 1. The van der Waals surface area contributed by atoms with Crippen molar-refractivity contribution >= 4 is 39.9 Å². The number of nitrogens with zero attached hydrogens (tertiary/aromatic N) is 3. The lowest BCUT2D eigenvalue weighted by atomic mass is 10.2. The Morgan fingerprint density at radius 2 is 1.90 bits per heavy atom. The summed E-state index contributed by atoms with van der Waals surface area (Å²) in [5.41, 5.74) is 0.890. The molecule has 0 aliphatic carbocycles. The monoisotopic (exact) mass is 412 g/mol. The van der Waals surface area contributed by atoms with Crippen molar-refractivity contribution in [1.29, 1.82) is 0 Å². The number of benzene rings is 2. The van der Waals surface area contributed by atoms with E-state index in [0.717, 1.165) is 0 Å². The van der Waals surface area contributed by atoms with Crippen molar-refractivity contribution in [2.75, 3.05) is 11.1 Å². The second-order valence-electron chi connectivity index (χ2n) is 6.86. The number of amides is 1. The van der Waals surface area contributed by atoms with Gasteiger partial charge in [-0.25, -0.2) is 4.98 Å². The summed E-state index contributed by atoms with van der Waals surface area (Å²) in [5.74, 6) is 0.00570. The molecule has 0 bridgehead atoms. The summed E-state index contributed by atoms with van der Waals surface area (Å²) in [6.07, 6.45) is 0. The fourth-order valence-corrected chi connectivity index (χ4v) is 3.59. The molecule has 0 aliphatic rings. The van der Waals surface area contributed by atoms with E-state index in [1.807, 2.05) is 19.9 Å². The number of hydrogen-bond donors (Lipinski definition) is 1. The molecule has 0 fully saturated rings. The number of non-ortho nitro benzene ring substituents is 1. The fraction of sp³-hybridized carbons (Fsp3) is 0.250. The maximum Gasteiger partial charge on any atom is 0.269 e. The smallest absolute Gasteiger partial charge is 0.269 e. The van der Waals surface area contributed by atoms with Crippen molar-refractivity contribution in [1.82, 2.24) is 9.55 Å². The van der Waals surface area contributed by atoms with Crippen molar-refractivity contribution in [3.05, 3.63) is 69.0 Å². The van der Waals surface area contributed by atoms with Gasteiger partial charge in [0.05, 0.1) is 21.6 Å². The van der Waals surface area contributed by atoms with Crippen LogP contribution in [0.4, 0.5) is 11.4 Å². The molecule has 0 saturated heterocycles. The van der Waals surface area contributed by atoms with E-state index in [1.54, 1.807) is 22.8 Å². The number of carbonyl (C=O) groups excluding carboxylic acids is 1. The average molecular weight is 412 g/mol. The molecule has 0 spiro atoms. The van der Waals surface area contributed by atoms with Crippen LogP contribution in [-0.4, -0.2) is 26.1 Å². The highest BCUT2D eigenvalue weighted by atomic mass is 32.2. The van der Waals surface area contributed by atoms with Crippen molar-refractivity contribution in [3.8, 4) is 0 Å². The van der Waals surface area contributed by atoms with E-state index in [2.05, 4.69) is 10.3 Å². The van der Waals surface area contributed by atoms with Crippen LogP contribution in [0, 0.1) is 16.0 Å². The van der Waals surface area contributed by atoms with Crippen LogP contribution < -0.4 is 10.9 Å². The summed E-state index contributed by atoms with van der Waals surface area (Å²) in [6, 6.07) is 12.7. The average Bonchev–Trinajstić information content (AvgIpc) is 2.69. The Labute approximate surface area is 171 Å². The van der Waals surface area contributed by atoms with Crippen LogP contribution in [0.5, 0.6) is 0 Å². The van der Waals surface area contributed by atoms with E-state index >= 15 is 0 Å². The van der Waals surface area contributed by atoms with Gasteiger partial charge in [-0.3, -0.25) is 24.3 Å². The standard InChI is InChI=1S/C20H20N4O4S/c1-13(2)11-23-19(26)16-5-3-4-6-17(16)22-20(23)29-12-18(25)21-14-7-9-15(10-8-14)24(27)28/h3-10,13H,11-12H2,1-2H3,(H,21,25). The SMILES string of the molecule is CC(C)Cn1c(SCC(=O)Nc2ccc([N+](=O)[O-])cc2)nc2ccccc2c1=O. The number of fused-ring (bicyclic) bond motifs is 1. The molecule has 0 saturated carbocycles. The first-order valence-electron chi connectivity index (χ1n) is 9.02. The molecule has 150 valence electrons. The summed E-state index contributed by atoms with van der Waals surface area (Å²) >= 11 is 1.19. The highest BCUT2D eigenvalue weighted by molar-refractivity contribution is 7.99. The number of nitrogens with one attached hydrogen (secondary N) is 1. The zero-order chi connectivity index (χ0) is 21.0. The maximum absolute atomic E-state index is 12.9. The van der Waals surface area contributed by atoms with E-state index in [-0.39, 0.29) is 28.8 Å². The van der Waals surface area contributed by atoms with E-state index in [9.17, 15) is 19.7 Å². The number of hydrogen-bond acceptors (Lipinski definition) is 6. The number of anilines is 1. The van der Waals surface area contributed by atoms with Crippen LogP contribution in [0.1, 0.15) is 13.8 Å². The van der Waals surface area contributed by atoms with Gasteiger partial charge in [0, 0.05) is 24.4 Å². The van der Waals surface area contributed by atoms with Crippen molar-refractivity contribution < 1.29 is 9.72 Å². The van der Waals surface area contributed by atoms with Crippen molar-refractivity contribution in [2.24, 2.45) is 5.92 Å². The molecule has 3 aromatic rings. The lowest BCUT2D eigenvalue weighted by Crippen LogP contribution is -2.26. The van der Waals surface area contributed by atoms with Crippen LogP contribution in [0.25, 0.3) is 10.9 Å². The van der Waals surface area contributed by atoms with Gasteiger partial charge < -0.3 is 5.32 Å². The molecule has 0 atom stereocenters. The quantitative estimate of drug-likeness (QED) is 0.274. The van der Waals surface area contributed by atoms with Crippen molar-refractivity contribution in [3.63, 3.8) is 0 Å². The third-order valence-electron chi connectivity index (χ3n) is 4.07. The molecule has 8 nitrogen and oxygen atoms in total. The minimum Gasteiger partial charge on any atom is -0.325 e. The molecule has 0 radical (unpaired) electrons. The molecule has 1 aromatic heterocycles. The van der Waals surface area contributed by atoms with Crippen LogP contribution in [0.3, 0.4) is 0 Å². The van der Waals surface area contributed by atoms with Gasteiger partial charge in [0.15, 0.2) is 5.16 Å². The largest absolute Gasteiger partial charge is 0.325 e. The van der Waals surface area contributed by atoms with Gasteiger partial charge in [0.2, 0.25) is 5.91 Å². The second-order valence-corrected chi connectivity index (χ2v) is 7.80. The molecule has 1 amide bonds. The van der Waals surface area contributed by atoms with Crippen LogP contribution in [-0.2, 0) is 11.3 Å². The number of rotatable bonds is 7. The molecule has 29 heavy (non-hydrogen) atoms. The molecular formula is C20H20N4O4S. The fourth-order valence-electron chi connectivity index (χ4n) is 2.78. The Kier molecular flexibility index (Phi) is 6.28. The van der Waals surface area contributed by atoms with Crippen LogP contribution in [0.2, 0.25) is 0 Å². The zero-order valence-corrected chi connectivity index (χ0v) is 16.8. The Hall–Kier alpha value is -3.20. The summed E-state index contributed by atoms with van der Waals surface area (Å²) in [7, 11) is 0. The van der Waals surface area contributed by atoms with E-state index in [4.69, 9.17) is 0 Å². The third-order valence-corrected chi connectivity index (χ3v) is 5.04. The van der Waals surface area contributed by atoms with Gasteiger partial charge in [0.1, 0.15) is 0 Å². The lowest BCUT2D eigenvalue weighted by molar-refractivity contribution is -0.384. The normalized spacial score (nSPS) is 11.0. The first-order valence-corrected chi connectivity index (χ1v) is 10.0. The first kappa shape index (κ1) is 20.5. The lowest BCUT2D eigenvalue weighted by Gasteiger charge is -2.14. The number of aromatic nitrogens is 2. The molecule has 1 heterocycles. The predicted molar refractivity (Wildman–Crippen MR) is 113 cm³/mol. The predicted octanol–water partition coefficient (Wildman–Crippen LogP) is 3.69. The Bertz CT molecular complexity index is 1110. The van der Waals surface area contributed by atoms with Gasteiger partial charge in [-0.15, -0.1) is 0 Å². The van der Waals surface area contributed by atoms with Crippen molar-refractivity contribution in [2.45, 2.75) is 25.5 Å². The summed E-state index contributed by atoms with van der Waals surface area (Å²) in [4.78, 5) is 39.9. The van der Waals surface area contributed by atoms with Crippen LogP contribution in [0.15, 0.2) is 58.5 Å². The molecule has 0 aliphatic heterocycles. The third kappa shape index (κ3) is 5.00. The minimum atomic E-state index is -0.499. The first-order chi connectivity index (χ1) is 13.8. The molecule has 9 heteroatoms.